The van der Waals surface area contributed by atoms with Crippen molar-refractivity contribution in [3.05, 3.63) is 58.7 Å². The molecule has 0 spiro atoms. The zero-order valence-electron chi connectivity index (χ0n) is 24.1. The lowest BCUT2D eigenvalue weighted by Crippen LogP contribution is -2.39. The molecule has 1 atom stereocenters. The largest absolute Gasteiger partial charge is 0.493 e. The SMILES string of the molecule is COc1cc(CNC(=S)NCC(COC(=O)C(C)(C)C)Cc2ccc(C)c(C)c2)ccc1OC(=O)CCC(=O)O. The molecule has 10 heteroatoms. The van der Waals surface area contributed by atoms with Crippen molar-refractivity contribution in [1.29, 1.82) is 0 Å². The van der Waals surface area contributed by atoms with Crippen molar-refractivity contribution >= 4 is 35.2 Å². The van der Waals surface area contributed by atoms with E-state index in [2.05, 4.69) is 42.7 Å². The number of aliphatic carboxylic acids is 1. The fourth-order valence-electron chi connectivity index (χ4n) is 3.63. The molecular formula is C30H40N2O7S. The molecule has 0 saturated heterocycles. The zero-order chi connectivity index (χ0) is 29.9. The lowest BCUT2D eigenvalue weighted by molar-refractivity contribution is -0.154. The van der Waals surface area contributed by atoms with Gasteiger partial charge in [-0.1, -0.05) is 24.3 Å². The molecule has 218 valence electrons. The van der Waals surface area contributed by atoms with E-state index in [1.807, 2.05) is 20.8 Å². The molecular weight excluding hydrogens is 532 g/mol. The third-order valence-electron chi connectivity index (χ3n) is 6.16. The molecule has 40 heavy (non-hydrogen) atoms. The first-order chi connectivity index (χ1) is 18.8. The summed E-state index contributed by atoms with van der Waals surface area (Å²) in [5, 5.41) is 15.5. The van der Waals surface area contributed by atoms with Crippen molar-refractivity contribution < 1.29 is 33.7 Å². The highest BCUT2D eigenvalue weighted by Gasteiger charge is 2.24. The molecule has 0 aliphatic heterocycles. The highest BCUT2D eigenvalue weighted by atomic mass is 32.1. The first kappa shape index (κ1) is 32.6. The number of carbonyl (C=O) groups is 3. The molecule has 3 N–H and O–H groups in total. The Hall–Kier alpha value is -3.66. The molecule has 1 unspecified atom stereocenters. The number of rotatable bonds is 13. The Kier molecular flexibility index (Phi) is 12.4. The number of thiocarbonyl (C=S) groups is 1. The van der Waals surface area contributed by atoms with Crippen LogP contribution in [0.2, 0.25) is 0 Å². The Bertz CT molecular complexity index is 1210. The molecule has 0 radical (unpaired) electrons. The summed E-state index contributed by atoms with van der Waals surface area (Å²) in [5.74, 6) is -1.42. The monoisotopic (exact) mass is 572 g/mol. The minimum atomic E-state index is -1.07. The van der Waals surface area contributed by atoms with Crippen LogP contribution in [0.25, 0.3) is 0 Å². The second-order valence-electron chi connectivity index (χ2n) is 10.8. The summed E-state index contributed by atoms with van der Waals surface area (Å²) in [6.45, 7) is 10.8. The highest BCUT2D eigenvalue weighted by Crippen LogP contribution is 2.28. The molecule has 0 aromatic heterocycles. The van der Waals surface area contributed by atoms with Crippen LogP contribution in [-0.4, -0.2) is 48.4 Å². The molecule has 0 aliphatic carbocycles. The number of benzene rings is 2. The number of nitrogens with one attached hydrogen (secondary N) is 2. The molecule has 2 aromatic carbocycles. The second kappa shape index (κ2) is 15.2. The van der Waals surface area contributed by atoms with Crippen molar-refractivity contribution in [3.8, 4) is 11.5 Å². The van der Waals surface area contributed by atoms with E-state index < -0.39 is 17.4 Å². The van der Waals surface area contributed by atoms with E-state index in [1.165, 1.54) is 18.2 Å². The van der Waals surface area contributed by atoms with Gasteiger partial charge in [-0.2, -0.15) is 0 Å². The van der Waals surface area contributed by atoms with Gasteiger partial charge in [0.1, 0.15) is 0 Å². The third-order valence-corrected chi connectivity index (χ3v) is 6.45. The van der Waals surface area contributed by atoms with E-state index in [0.717, 1.165) is 17.5 Å². The number of carboxylic acids is 1. The van der Waals surface area contributed by atoms with E-state index >= 15 is 0 Å². The number of methoxy groups -OCH3 is 1. The maximum atomic E-state index is 12.4. The second-order valence-corrected chi connectivity index (χ2v) is 11.2. The Balaban J connectivity index is 1.96. The quantitative estimate of drug-likeness (QED) is 0.180. The standard InChI is InChI=1S/C30H40N2O7S/c1-19-7-8-21(13-20(19)2)14-23(18-38-28(36)30(3,4)5)17-32-29(40)31-16-22-9-10-24(25(15-22)37-6)39-27(35)12-11-26(33)34/h7-10,13,15,23H,11-12,14,16-18H2,1-6H3,(H,33,34)(H2,31,32,40). The summed E-state index contributed by atoms with van der Waals surface area (Å²) in [7, 11) is 1.45. The fraction of sp³-hybridized carbons (Fsp3) is 0.467. The zero-order valence-corrected chi connectivity index (χ0v) is 24.9. The van der Waals surface area contributed by atoms with Crippen LogP contribution in [0.1, 0.15) is 55.9 Å². The lowest BCUT2D eigenvalue weighted by atomic mass is 9.96. The summed E-state index contributed by atoms with van der Waals surface area (Å²) in [4.78, 5) is 34.9. The van der Waals surface area contributed by atoms with Gasteiger partial charge in [-0.05, 0) is 87.6 Å². The number of hydrogen-bond acceptors (Lipinski definition) is 7. The molecule has 2 aromatic rings. The van der Waals surface area contributed by atoms with Gasteiger partial charge >= 0.3 is 17.9 Å². The van der Waals surface area contributed by atoms with Gasteiger partial charge in [0.15, 0.2) is 16.6 Å². The van der Waals surface area contributed by atoms with Crippen LogP contribution in [-0.2, 0) is 32.1 Å². The third kappa shape index (κ3) is 11.2. The van der Waals surface area contributed by atoms with Crippen LogP contribution < -0.4 is 20.1 Å². The Labute approximate surface area is 241 Å². The predicted octanol–water partition coefficient (Wildman–Crippen LogP) is 4.49. The van der Waals surface area contributed by atoms with Crippen LogP contribution in [0, 0.1) is 25.2 Å². The summed E-state index contributed by atoms with van der Waals surface area (Å²) in [6, 6.07) is 11.4. The van der Waals surface area contributed by atoms with Gasteiger partial charge in [0.2, 0.25) is 0 Å². The molecule has 2 rings (SSSR count). The molecule has 0 aliphatic rings. The van der Waals surface area contributed by atoms with E-state index in [-0.39, 0.29) is 37.1 Å². The molecule has 0 heterocycles. The number of carbonyl (C=O) groups excluding carboxylic acids is 2. The van der Waals surface area contributed by atoms with Crippen molar-refractivity contribution in [2.24, 2.45) is 11.3 Å². The minimum Gasteiger partial charge on any atom is -0.493 e. The number of esters is 2. The molecule has 0 fully saturated rings. The van der Waals surface area contributed by atoms with Crippen molar-refractivity contribution in [2.45, 2.75) is 60.4 Å². The Morgan fingerprint density at radius 1 is 0.950 bits per heavy atom. The first-order valence-corrected chi connectivity index (χ1v) is 13.5. The Morgan fingerprint density at radius 2 is 1.65 bits per heavy atom. The average molecular weight is 573 g/mol. The normalized spacial score (nSPS) is 11.8. The number of carboxylic acid groups (broad SMARTS) is 1. The van der Waals surface area contributed by atoms with Crippen LogP contribution in [0.15, 0.2) is 36.4 Å². The van der Waals surface area contributed by atoms with Gasteiger partial charge in [0.05, 0.1) is 32.0 Å². The molecule has 0 saturated carbocycles. The average Bonchev–Trinajstić information content (AvgIpc) is 2.89. The van der Waals surface area contributed by atoms with Crippen LogP contribution in [0.5, 0.6) is 11.5 Å². The van der Waals surface area contributed by atoms with Crippen LogP contribution >= 0.6 is 12.2 Å². The smallest absolute Gasteiger partial charge is 0.311 e. The summed E-state index contributed by atoms with van der Waals surface area (Å²) in [5.41, 5.74) is 3.85. The topological polar surface area (TPSA) is 123 Å². The van der Waals surface area contributed by atoms with Gasteiger partial charge in [0.25, 0.3) is 0 Å². The van der Waals surface area contributed by atoms with E-state index in [0.29, 0.717) is 24.0 Å². The Morgan fingerprint density at radius 3 is 2.27 bits per heavy atom. The fourth-order valence-corrected chi connectivity index (χ4v) is 3.79. The van der Waals surface area contributed by atoms with Crippen molar-refractivity contribution in [2.75, 3.05) is 20.3 Å². The van der Waals surface area contributed by atoms with Gasteiger partial charge in [-0.25, -0.2) is 0 Å². The van der Waals surface area contributed by atoms with Gasteiger partial charge in [-0.3, -0.25) is 14.4 Å². The first-order valence-electron chi connectivity index (χ1n) is 13.1. The lowest BCUT2D eigenvalue weighted by Gasteiger charge is -2.22. The van der Waals surface area contributed by atoms with E-state index in [9.17, 15) is 14.4 Å². The van der Waals surface area contributed by atoms with Gasteiger partial charge in [0, 0.05) is 19.0 Å². The maximum Gasteiger partial charge on any atom is 0.311 e. The predicted molar refractivity (Wildman–Crippen MR) is 156 cm³/mol. The van der Waals surface area contributed by atoms with Crippen LogP contribution in [0.3, 0.4) is 0 Å². The highest BCUT2D eigenvalue weighted by molar-refractivity contribution is 7.80. The number of aryl methyl sites for hydroxylation is 2. The van der Waals surface area contributed by atoms with E-state index in [4.69, 9.17) is 31.5 Å². The summed E-state index contributed by atoms with van der Waals surface area (Å²) < 4.78 is 16.2. The number of ether oxygens (including phenoxy) is 3. The molecule has 0 amide bonds. The van der Waals surface area contributed by atoms with Gasteiger partial charge < -0.3 is 30.0 Å². The number of hydrogen-bond donors (Lipinski definition) is 3. The minimum absolute atomic E-state index is 0.00310. The van der Waals surface area contributed by atoms with Crippen molar-refractivity contribution in [3.63, 3.8) is 0 Å². The molecule has 0 bridgehead atoms. The summed E-state index contributed by atoms with van der Waals surface area (Å²) >= 11 is 5.48. The maximum absolute atomic E-state index is 12.4. The molecule has 9 nitrogen and oxygen atoms in total. The van der Waals surface area contributed by atoms with E-state index in [1.54, 1.807) is 18.2 Å². The van der Waals surface area contributed by atoms with Crippen LogP contribution in [0.4, 0.5) is 0 Å². The van der Waals surface area contributed by atoms with Crippen molar-refractivity contribution in [1.82, 2.24) is 10.6 Å². The van der Waals surface area contributed by atoms with Gasteiger partial charge in [-0.15, -0.1) is 0 Å². The summed E-state index contributed by atoms with van der Waals surface area (Å²) in [6.07, 6.45) is 0.178.